The molecule has 2 aromatic heterocycles. The normalized spacial score (nSPS) is 27.0. The summed E-state index contributed by atoms with van der Waals surface area (Å²) in [6.45, 7) is 1.10. The molecule has 144 valence electrons. The smallest absolute Gasteiger partial charge is 0.258 e. The second-order valence-corrected chi connectivity index (χ2v) is 10.5. The van der Waals surface area contributed by atoms with Crippen molar-refractivity contribution in [3.8, 4) is 11.5 Å². The summed E-state index contributed by atoms with van der Waals surface area (Å²) in [6, 6.07) is 3.69. The molecule has 1 aliphatic heterocycles. The van der Waals surface area contributed by atoms with Crippen LogP contribution in [-0.2, 0) is 15.4 Å². The lowest BCUT2D eigenvalue weighted by Gasteiger charge is -2.40. The molecular weight excluding hydrogens is 364 g/mol. The van der Waals surface area contributed by atoms with E-state index >= 15 is 0 Å². The Morgan fingerprint density at radius 1 is 1.19 bits per heavy atom. The zero-order valence-corrected chi connectivity index (χ0v) is 16.1. The van der Waals surface area contributed by atoms with E-state index in [4.69, 9.17) is 9.51 Å². The van der Waals surface area contributed by atoms with E-state index in [1.54, 1.807) is 16.7 Å². The summed E-state index contributed by atoms with van der Waals surface area (Å²) in [5.74, 6) is 1.79. The van der Waals surface area contributed by atoms with E-state index in [0.717, 1.165) is 37.7 Å². The second-order valence-electron chi connectivity index (χ2n) is 8.27. The highest BCUT2D eigenvalue weighted by Gasteiger charge is 2.49. The lowest BCUT2D eigenvalue weighted by atomic mass is 9.75. The summed E-state index contributed by atoms with van der Waals surface area (Å²) in [4.78, 5) is 8.73. The Hall–Kier alpha value is -1.80. The molecule has 0 N–H and O–H groups in total. The van der Waals surface area contributed by atoms with E-state index < -0.39 is 10.0 Å². The van der Waals surface area contributed by atoms with Crippen LogP contribution in [0.1, 0.15) is 50.8 Å². The topological polar surface area (TPSA) is 89.2 Å². The first-order valence-electron chi connectivity index (χ1n) is 9.80. The molecule has 0 bridgehead atoms. The number of nitrogens with zero attached hydrogens (tertiary/aromatic N) is 4. The summed E-state index contributed by atoms with van der Waals surface area (Å²) >= 11 is 0. The molecule has 2 saturated carbocycles. The number of piperidine rings is 1. The Balaban J connectivity index is 1.48. The molecule has 5 rings (SSSR count). The fourth-order valence-electron chi connectivity index (χ4n) is 4.25. The number of pyridine rings is 1. The van der Waals surface area contributed by atoms with Crippen molar-refractivity contribution in [3.05, 3.63) is 30.4 Å². The van der Waals surface area contributed by atoms with Gasteiger partial charge >= 0.3 is 0 Å². The van der Waals surface area contributed by atoms with Crippen LogP contribution in [0.25, 0.3) is 11.5 Å². The van der Waals surface area contributed by atoms with Crippen molar-refractivity contribution in [2.24, 2.45) is 5.92 Å². The molecule has 3 aliphatic rings. The van der Waals surface area contributed by atoms with Crippen molar-refractivity contribution < 1.29 is 12.9 Å². The van der Waals surface area contributed by atoms with Gasteiger partial charge in [0.2, 0.25) is 10.0 Å². The molecule has 0 aromatic carbocycles. The fraction of sp³-hybridized carbons (Fsp3) is 0.632. The fourth-order valence-corrected chi connectivity index (χ4v) is 6.21. The van der Waals surface area contributed by atoms with Crippen molar-refractivity contribution in [2.45, 2.75) is 55.6 Å². The van der Waals surface area contributed by atoms with E-state index in [2.05, 4.69) is 10.1 Å². The standard InChI is InChI=1S/C19H24N4O3S/c24-27(25,16-4-5-16)23-11-1-8-19(13-23,12-14-2-3-14)18-21-17(26-22-18)15-6-9-20-10-7-15/h6-7,9-10,14,16H,1-5,8,11-13H2. The first-order chi connectivity index (χ1) is 13.1. The molecule has 0 spiro atoms. The monoisotopic (exact) mass is 388 g/mol. The van der Waals surface area contributed by atoms with Crippen molar-refractivity contribution in [1.29, 1.82) is 0 Å². The van der Waals surface area contributed by atoms with Gasteiger partial charge in [-0.3, -0.25) is 4.98 Å². The molecule has 3 fully saturated rings. The largest absolute Gasteiger partial charge is 0.334 e. The average molecular weight is 388 g/mol. The van der Waals surface area contributed by atoms with Crippen molar-refractivity contribution >= 4 is 10.0 Å². The molecule has 0 radical (unpaired) electrons. The minimum atomic E-state index is -3.19. The Morgan fingerprint density at radius 3 is 2.67 bits per heavy atom. The SMILES string of the molecule is O=S(=O)(C1CC1)N1CCCC(CC2CC2)(c2noc(-c3ccncc3)n2)C1. The van der Waals surface area contributed by atoms with Gasteiger partial charge in [-0.15, -0.1) is 0 Å². The number of hydrogen-bond donors (Lipinski definition) is 0. The maximum absolute atomic E-state index is 12.8. The third-order valence-corrected chi connectivity index (χ3v) is 8.40. The number of sulfonamides is 1. The van der Waals surface area contributed by atoms with Crippen LogP contribution < -0.4 is 0 Å². The first kappa shape index (κ1) is 17.3. The van der Waals surface area contributed by atoms with Gasteiger partial charge in [-0.05, 0) is 50.2 Å². The van der Waals surface area contributed by atoms with Gasteiger partial charge in [-0.25, -0.2) is 12.7 Å². The summed E-state index contributed by atoms with van der Waals surface area (Å²) in [5, 5.41) is 4.14. The molecule has 8 heteroatoms. The van der Waals surface area contributed by atoms with Crippen LogP contribution >= 0.6 is 0 Å². The van der Waals surface area contributed by atoms with Gasteiger partial charge in [-0.1, -0.05) is 18.0 Å². The summed E-state index contributed by atoms with van der Waals surface area (Å²) in [7, 11) is -3.19. The van der Waals surface area contributed by atoms with Gasteiger partial charge in [-0.2, -0.15) is 4.98 Å². The summed E-state index contributed by atoms with van der Waals surface area (Å²) in [6.07, 6.45) is 10.1. The van der Waals surface area contributed by atoms with Crippen molar-refractivity contribution in [1.82, 2.24) is 19.4 Å². The zero-order chi connectivity index (χ0) is 18.5. The third kappa shape index (κ3) is 3.29. The van der Waals surface area contributed by atoms with E-state index in [0.29, 0.717) is 30.7 Å². The Kier molecular flexibility index (Phi) is 4.09. The zero-order valence-electron chi connectivity index (χ0n) is 15.2. The molecule has 0 amide bonds. The second kappa shape index (κ2) is 6.38. The molecule has 1 unspecified atom stereocenters. The molecule has 27 heavy (non-hydrogen) atoms. The van der Waals surface area contributed by atoms with Crippen LogP contribution in [0, 0.1) is 5.92 Å². The molecule has 1 atom stereocenters. The number of rotatable bonds is 6. The molecule has 1 saturated heterocycles. The van der Waals surface area contributed by atoms with Gasteiger partial charge in [0.1, 0.15) is 0 Å². The van der Waals surface area contributed by atoms with Gasteiger partial charge < -0.3 is 4.52 Å². The van der Waals surface area contributed by atoms with Crippen LogP contribution in [-0.4, -0.2) is 46.2 Å². The Bertz CT molecular complexity index is 921. The molecule has 2 aliphatic carbocycles. The highest BCUT2D eigenvalue weighted by molar-refractivity contribution is 7.90. The van der Waals surface area contributed by atoms with E-state index in [1.807, 2.05) is 12.1 Å². The van der Waals surface area contributed by atoms with E-state index in [-0.39, 0.29) is 10.7 Å². The number of hydrogen-bond acceptors (Lipinski definition) is 6. The molecule has 2 aromatic rings. The van der Waals surface area contributed by atoms with Crippen LogP contribution in [0.4, 0.5) is 0 Å². The van der Waals surface area contributed by atoms with E-state index in [1.165, 1.54) is 12.8 Å². The van der Waals surface area contributed by atoms with Crippen LogP contribution in [0.2, 0.25) is 0 Å². The third-order valence-electron chi connectivity index (χ3n) is 6.05. The highest BCUT2D eigenvalue weighted by Crippen LogP contribution is 2.47. The van der Waals surface area contributed by atoms with Gasteiger partial charge in [0.25, 0.3) is 5.89 Å². The minimum Gasteiger partial charge on any atom is -0.334 e. The van der Waals surface area contributed by atoms with Crippen LogP contribution in [0.3, 0.4) is 0 Å². The Labute approximate surface area is 159 Å². The lowest BCUT2D eigenvalue weighted by molar-refractivity contribution is 0.190. The van der Waals surface area contributed by atoms with Crippen LogP contribution in [0.15, 0.2) is 29.0 Å². The van der Waals surface area contributed by atoms with Crippen LogP contribution in [0.5, 0.6) is 0 Å². The number of aromatic nitrogens is 3. The van der Waals surface area contributed by atoms with Gasteiger partial charge in [0.15, 0.2) is 5.82 Å². The van der Waals surface area contributed by atoms with Crippen molar-refractivity contribution in [2.75, 3.05) is 13.1 Å². The predicted octanol–water partition coefficient (Wildman–Crippen LogP) is 2.76. The predicted molar refractivity (Wildman–Crippen MR) is 99.3 cm³/mol. The van der Waals surface area contributed by atoms with Crippen molar-refractivity contribution in [3.63, 3.8) is 0 Å². The average Bonchev–Trinajstić information content (AvgIpc) is 3.62. The summed E-state index contributed by atoms with van der Waals surface area (Å²) in [5.41, 5.74) is 0.500. The molecule has 3 heterocycles. The maximum Gasteiger partial charge on any atom is 0.258 e. The minimum absolute atomic E-state index is 0.174. The quantitative estimate of drug-likeness (QED) is 0.756. The molecular formula is C19H24N4O3S. The molecule has 7 nitrogen and oxygen atoms in total. The maximum atomic E-state index is 12.8. The van der Waals surface area contributed by atoms with Gasteiger partial charge in [0, 0.05) is 36.5 Å². The van der Waals surface area contributed by atoms with E-state index in [9.17, 15) is 8.42 Å². The highest BCUT2D eigenvalue weighted by atomic mass is 32.2. The van der Waals surface area contributed by atoms with Gasteiger partial charge in [0.05, 0.1) is 5.25 Å². The Morgan fingerprint density at radius 2 is 1.96 bits per heavy atom. The first-order valence-corrected chi connectivity index (χ1v) is 11.3. The summed E-state index contributed by atoms with van der Waals surface area (Å²) < 4.78 is 33.0. The lowest BCUT2D eigenvalue weighted by Crippen LogP contribution is -2.50.